The Hall–Kier alpha value is -1.26. The van der Waals surface area contributed by atoms with Crippen molar-refractivity contribution in [3.8, 4) is 11.5 Å². The average Bonchev–Trinajstić information content (AvgIpc) is 2.38. The summed E-state index contributed by atoms with van der Waals surface area (Å²) in [4.78, 5) is 2.21. The predicted molar refractivity (Wildman–Crippen MR) is 74.3 cm³/mol. The molecule has 0 aliphatic heterocycles. The Balaban J connectivity index is 2.99. The minimum absolute atomic E-state index is 0.345. The van der Waals surface area contributed by atoms with Gasteiger partial charge in [-0.1, -0.05) is 6.07 Å². The van der Waals surface area contributed by atoms with E-state index in [1.165, 1.54) is 0 Å². The number of likely N-dealkylation sites (N-methyl/N-ethyl adjacent to an activating group) is 1. The van der Waals surface area contributed by atoms with Crippen molar-refractivity contribution in [1.82, 2.24) is 4.90 Å². The highest BCUT2D eigenvalue weighted by Gasteiger charge is 2.14. The van der Waals surface area contributed by atoms with E-state index in [1.54, 1.807) is 14.2 Å². The van der Waals surface area contributed by atoms with Crippen LogP contribution in [0.15, 0.2) is 12.1 Å². The van der Waals surface area contributed by atoms with Crippen LogP contribution in [-0.4, -0.2) is 38.8 Å². The summed E-state index contributed by atoms with van der Waals surface area (Å²) in [5, 5.41) is 0. The van der Waals surface area contributed by atoms with Gasteiger partial charge < -0.3 is 15.2 Å². The van der Waals surface area contributed by atoms with Gasteiger partial charge in [-0.3, -0.25) is 4.90 Å². The van der Waals surface area contributed by atoms with Gasteiger partial charge in [-0.05, 0) is 27.0 Å². The Morgan fingerprint density at radius 3 is 2.44 bits per heavy atom. The Bertz CT molecular complexity index is 394. The zero-order chi connectivity index (χ0) is 13.7. The molecule has 102 valence electrons. The van der Waals surface area contributed by atoms with Crippen molar-refractivity contribution in [2.24, 2.45) is 5.73 Å². The van der Waals surface area contributed by atoms with Gasteiger partial charge in [0.15, 0.2) is 0 Å². The first-order chi connectivity index (χ1) is 8.54. The molecule has 0 bridgehead atoms. The molecular formula is C14H24N2O2. The van der Waals surface area contributed by atoms with Crippen molar-refractivity contribution in [3.63, 3.8) is 0 Å². The molecule has 0 amide bonds. The minimum Gasteiger partial charge on any atom is -0.496 e. The van der Waals surface area contributed by atoms with Gasteiger partial charge in [0.1, 0.15) is 11.5 Å². The summed E-state index contributed by atoms with van der Waals surface area (Å²) in [6.07, 6.45) is 0. The zero-order valence-electron chi connectivity index (χ0n) is 12.0. The standard InChI is InChI=1S/C14H24N2O2/c1-10(8-15)16(3)9-12-6-7-13(17-4)11(2)14(12)18-5/h6-7,10H,8-9,15H2,1-5H3. The lowest BCUT2D eigenvalue weighted by Gasteiger charge is -2.25. The maximum Gasteiger partial charge on any atom is 0.129 e. The third kappa shape index (κ3) is 3.15. The van der Waals surface area contributed by atoms with Gasteiger partial charge in [-0.2, -0.15) is 0 Å². The minimum atomic E-state index is 0.345. The molecule has 0 aliphatic carbocycles. The molecule has 0 radical (unpaired) electrons. The van der Waals surface area contributed by atoms with Crippen LogP contribution in [0, 0.1) is 6.92 Å². The number of methoxy groups -OCH3 is 2. The second kappa shape index (κ2) is 6.61. The van der Waals surface area contributed by atoms with Gasteiger partial charge in [0, 0.05) is 30.3 Å². The quantitative estimate of drug-likeness (QED) is 0.838. The largest absolute Gasteiger partial charge is 0.496 e. The fourth-order valence-corrected chi connectivity index (χ4v) is 1.96. The molecule has 0 aliphatic rings. The molecule has 1 aromatic rings. The molecule has 4 nitrogen and oxygen atoms in total. The van der Waals surface area contributed by atoms with Crippen LogP contribution in [0.1, 0.15) is 18.1 Å². The van der Waals surface area contributed by atoms with Crippen LogP contribution in [0.5, 0.6) is 11.5 Å². The van der Waals surface area contributed by atoms with Crippen LogP contribution < -0.4 is 15.2 Å². The van der Waals surface area contributed by atoms with Crippen LogP contribution in [0.4, 0.5) is 0 Å². The molecule has 1 rings (SSSR count). The number of hydrogen-bond acceptors (Lipinski definition) is 4. The highest BCUT2D eigenvalue weighted by molar-refractivity contribution is 5.49. The lowest BCUT2D eigenvalue weighted by atomic mass is 10.1. The van der Waals surface area contributed by atoms with E-state index in [1.807, 2.05) is 19.1 Å². The topological polar surface area (TPSA) is 47.7 Å². The summed E-state index contributed by atoms with van der Waals surface area (Å²) in [7, 11) is 5.43. The van der Waals surface area contributed by atoms with Gasteiger partial charge in [0.2, 0.25) is 0 Å². The maximum absolute atomic E-state index is 5.68. The van der Waals surface area contributed by atoms with Crippen molar-refractivity contribution >= 4 is 0 Å². The molecule has 1 atom stereocenters. The predicted octanol–water partition coefficient (Wildman–Crippen LogP) is 1.79. The number of nitrogens with two attached hydrogens (primary N) is 1. The number of rotatable bonds is 6. The number of benzene rings is 1. The van der Waals surface area contributed by atoms with Gasteiger partial charge in [0.25, 0.3) is 0 Å². The molecular weight excluding hydrogens is 228 g/mol. The third-order valence-corrected chi connectivity index (χ3v) is 3.38. The lowest BCUT2D eigenvalue weighted by molar-refractivity contribution is 0.250. The average molecular weight is 252 g/mol. The van der Waals surface area contributed by atoms with Gasteiger partial charge >= 0.3 is 0 Å². The normalized spacial score (nSPS) is 12.6. The van der Waals surface area contributed by atoms with Crippen molar-refractivity contribution in [1.29, 1.82) is 0 Å². The molecule has 0 aromatic heterocycles. The highest BCUT2D eigenvalue weighted by Crippen LogP contribution is 2.31. The Kier molecular flexibility index (Phi) is 5.44. The van der Waals surface area contributed by atoms with Gasteiger partial charge in [-0.25, -0.2) is 0 Å². The number of ether oxygens (including phenoxy) is 2. The smallest absolute Gasteiger partial charge is 0.129 e. The first-order valence-corrected chi connectivity index (χ1v) is 6.15. The summed E-state index contributed by atoms with van der Waals surface area (Å²) in [6, 6.07) is 4.37. The van der Waals surface area contributed by atoms with E-state index < -0.39 is 0 Å². The SMILES string of the molecule is COc1ccc(CN(C)C(C)CN)c(OC)c1C. The number of nitrogens with zero attached hydrogens (tertiary/aromatic N) is 1. The van der Waals surface area contributed by atoms with E-state index >= 15 is 0 Å². The summed E-state index contributed by atoms with van der Waals surface area (Å²) >= 11 is 0. The molecule has 0 saturated carbocycles. The first-order valence-electron chi connectivity index (χ1n) is 6.15. The fraction of sp³-hybridized carbons (Fsp3) is 0.571. The Labute approximate surface area is 110 Å². The Morgan fingerprint density at radius 2 is 1.94 bits per heavy atom. The zero-order valence-corrected chi connectivity index (χ0v) is 12.0. The molecule has 0 fully saturated rings. The lowest BCUT2D eigenvalue weighted by Crippen LogP contribution is -2.34. The molecule has 1 unspecified atom stereocenters. The van der Waals surface area contributed by atoms with Crippen LogP contribution in [-0.2, 0) is 6.54 Å². The molecule has 0 saturated heterocycles. The molecule has 1 aromatic carbocycles. The molecule has 0 spiro atoms. The maximum atomic E-state index is 5.68. The molecule has 2 N–H and O–H groups in total. The third-order valence-electron chi connectivity index (χ3n) is 3.38. The van der Waals surface area contributed by atoms with Crippen molar-refractivity contribution < 1.29 is 9.47 Å². The molecule has 4 heteroatoms. The van der Waals surface area contributed by atoms with Crippen LogP contribution in [0.2, 0.25) is 0 Å². The van der Waals surface area contributed by atoms with Crippen molar-refractivity contribution in [2.75, 3.05) is 27.8 Å². The molecule has 18 heavy (non-hydrogen) atoms. The monoisotopic (exact) mass is 252 g/mol. The second-order valence-electron chi connectivity index (χ2n) is 4.59. The summed E-state index contributed by atoms with van der Waals surface area (Å²) < 4.78 is 10.8. The van der Waals surface area contributed by atoms with E-state index in [2.05, 4.69) is 18.9 Å². The van der Waals surface area contributed by atoms with Crippen LogP contribution in [0.25, 0.3) is 0 Å². The fourth-order valence-electron chi connectivity index (χ4n) is 1.96. The summed E-state index contributed by atoms with van der Waals surface area (Å²) in [6.45, 7) is 5.58. The summed E-state index contributed by atoms with van der Waals surface area (Å²) in [5.74, 6) is 1.75. The molecule has 0 heterocycles. The van der Waals surface area contributed by atoms with Crippen LogP contribution in [0.3, 0.4) is 0 Å². The van der Waals surface area contributed by atoms with Crippen molar-refractivity contribution in [2.45, 2.75) is 26.4 Å². The Morgan fingerprint density at radius 1 is 1.28 bits per heavy atom. The second-order valence-corrected chi connectivity index (χ2v) is 4.59. The van der Waals surface area contributed by atoms with E-state index in [0.717, 1.165) is 29.2 Å². The van der Waals surface area contributed by atoms with Crippen LogP contribution >= 0.6 is 0 Å². The van der Waals surface area contributed by atoms with Crippen molar-refractivity contribution in [3.05, 3.63) is 23.3 Å². The van der Waals surface area contributed by atoms with Gasteiger partial charge in [-0.15, -0.1) is 0 Å². The van der Waals surface area contributed by atoms with E-state index in [0.29, 0.717) is 12.6 Å². The summed E-state index contributed by atoms with van der Waals surface area (Å²) in [5.41, 5.74) is 7.86. The highest BCUT2D eigenvalue weighted by atomic mass is 16.5. The van der Waals surface area contributed by atoms with E-state index in [9.17, 15) is 0 Å². The van der Waals surface area contributed by atoms with E-state index in [-0.39, 0.29) is 0 Å². The first kappa shape index (κ1) is 14.8. The van der Waals surface area contributed by atoms with Gasteiger partial charge in [0.05, 0.1) is 14.2 Å². The van der Waals surface area contributed by atoms with E-state index in [4.69, 9.17) is 15.2 Å². The number of hydrogen-bond donors (Lipinski definition) is 1.